The smallest absolute Gasteiger partial charge is 0.361 e. The van der Waals surface area contributed by atoms with Crippen molar-refractivity contribution in [3.63, 3.8) is 0 Å². The van der Waals surface area contributed by atoms with Gasteiger partial charge in [0.2, 0.25) is 0 Å². The van der Waals surface area contributed by atoms with Gasteiger partial charge in [0.15, 0.2) is 6.10 Å². The minimum atomic E-state index is -1.51. The summed E-state index contributed by atoms with van der Waals surface area (Å²) in [6.07, 6.45) is 93.0. The summed E-state index contributed by atoms with van der Waals surface area (Å²) in [5, 5.41) is 9.75. The van der Waals surface area contributed by atoms with Gasteiger partial charge in [-0.25, -0.2) is 4.79 Å². The molecule has 0 heterocycles. The van der Waals surface area contributed by atoms with E-state index in [1.807, 2.05) is 21.1 Å². The lowest BCUT2D eigenvalue weighted by Gasteiger charge is -2.25. The molecule has 89 heavy (non-hydrogen) atoms. The van der Waals surface area contributed by atoms with Crippen molar-refractivity contribution in [3.05, 3.63) is 85.1 Å². The summed E-state index contributed by atoms with van der Waals surface area (Å²) < 4.78 is 23.0. The number of likely N-dealkylation sites (N-methyl/N-ethyl adjacent to an activating group) is 1. The molecule has 0 rings (SSSR count). The lowest BCUT2D eigenvalue weighted by atomic mass is 10.0. The first-order chi connectivity index (χ1) is 43.6. The van der Waals surface area contributed by atoms with Crippen LogP contribution in [0.1, 0.15) is 348 Å². The summed E-state index contributed by atoms with van der Waals surface area (Å²) in [5.41, 5.74) is 0. The van der Waals surface area contributed by atoms with E-state index >= 15 is 0 Å². The lowest BCUT2D eigenvalue weighted by Crippen LogP contribution is -2.40. The quantitative estimate of drug-likeness (QED) is 0.0211. The SMILES string of the molecule is CC/C=C\C/C=C\C/C=C\C/C=C\CCCCCCCCCCCCC(=O)OC(COC(=O)CCCCCCCCCCCCCCCCCCCCCCCCCCCC/C=C\C/C=C\C/C=C\CCCCCCC)COC(OCC[N+](C)(C)C)C(=O)O. The molecule has 516 valence electrons. The number of carboxylic acid groups (broad SMARTS) is 1. The predicted octanol–water partition coefficient (Wildman–Crippen LogP) is 23.8. The fraction of sp³-hybridized carbons (Fsp3) is 0.787. The summed E-state index contributed by atoms with van der Waals surface area (Å²) in [6, 6.07) is 0. The van der Waals surface area contributed by atoms with Crippen molar-refractivity contribution in [1.82, 2.24) is 0 Å². The zero-order valence-corrected chi connectivity index (χ0v) is 59.1. The second-order valence-corrected chi connectivity index (χ2v) is 26.6. The van der Waals surface area contributed by atoms with Crippen LogP contribution >= 0.6 is 0 Å². The molecule has 9 nitrogen and oxygen atoms in total. The number of unbranched alkanes of at least 4 members (excludes halogenated alkanes) is 41. The molecule has 0 fully saturated rings. The largest absolute Gasteiger partial charge is 0.477 e. The van der Waals surface area contributed by atoms with Crippen LogP contribution in [0.5, 0.6) is 0 Å². The minimum Gasteiger partial charge on any atom is -0.477 e. The van der Waals surface area contributed by atoms with E-state index in [1.54, 1.807) is 0 Å². The first-order valence-corrected chi connectivity index (χ1v) is 37.8. The fourth-order valence-corrected chi connectivity index (χ4v) is 10.9. The molecule has 1 N–H and O–H groups in total. The summed E-state index contributed by atoms with van der Waals surface area (Å²) in [5.74, 6) is -2.00. The number of nitrogens with zero attached hydrogens (tertiary/aromatic N) is 1. The molecule has 0 aliphatic carbocycles. The van der Waals surface area contributed by atoms with Crippen molar-refractivity contribution in [3.8, 4) is 0 Å². The van der Waals surface area contributed by atoms with E-state index in [-0.39, 0.29) is 32.2 Å². The summed E-state index contributed by atoms with van der Waals surface area (Å²) in [7, 11) is 5.98. The zero-order valence-electron chi connectivity index (χ0n) is 59.1. The number of ether oxygens (including phenoxy) is 4. The van der Waals surface area contributed by atoms with Crippen LogP contribution in [-0.4, -0.2) is 87.4 Å². The standard InChI is InChI=1S/C80H143NO8/c1-6-8-10-12-14-16-18-20-22-24-26-28-30-31-32-33-34-35-36-37-38-39-40-41-42-43-44-45-46-47-49-50-52-54-56-58-60-62-64-66-68-70-77(82)87-74-76(75-88-80(79(84)85)86-73-72-81(3,4)5)89-78(83)71-69-67-65-63-61-59-57-55-53-51-48-29-27-25-23-21-19-17-15-13-11-9-7-2/h9,11,15,17-18,20-21,23-24,26-27,29-31,76,80H,6-8,10,12-14,16,19,22,25,28,32-75H2,1-5H3/p+1/b11-9-,17-15-,20-18-,23-21-,26-24-,29-27-,31-30-. The molecule has 0 bridgehead atoms. The van der Waals surface area contributed by atoms with Crippen LogP contribution in [0, 0.1) is 0 Å². The summed E-state index contributed by atoms with van der Waals surface area (Å²) in [4.78, 5) is 37.6. The molecule has 0 aliphatic heterocycles. The normalized spacial score (nSPS) is 13.1. The van der Waals surface area contributed by atoms with E-state index in [4.69, 9.17) is 18.9 Å². The van der Waals surface area contributed by atoms with Crippen LogP contribution in [0.4, 0.5) is 0 Å². The first-order valence-electron chi connectivity index (χ1n) is 37.8. The van der Waals surface area contributed by atoms with E-state index in [2.05, 4.69) is 98.9 Å². The first kappa shape index (κ1) is 85.5. The molecule has 0 aromatic rings. The summed E-state index contributed by atoms with van der Waals surface area (Å²) >= 11 is 0. The molecular formula is C80H144NO8+. The fourth-order valence-electron chi connectivity index (χ4n) is 10.9. The number of carboxylic acids is 1. The maximum Gasteiger partial charge on any atom is 0.361 e. The van der Waals surface area contributed by atoms with Crippen LogP contribution in [0.15, 0.2) is 85.1 Å². The Hall–Kier alpha value is -3.53. The number of hydrogen-bond acceptors (Lipinski definition) is 7. The third-order valence-corrected chi connectivity index (χ3v) is 16.6. The van der Waals surface area contributed by atoms with E-state index in [9.17, 15) is 19.5 Å². The number of rotatable bonds is 70. The number of quaternary nitrogens is 1. The molecule has 0 amide bonds. The highest BCUT2D eigenvalue weighted by atomic mass is 16.7. The van der Waals surface area contributed by atoms with Crippen LogP contribution in [-0.2, 0) is 33.3 Å². The van der Waals surface area contributed by atoms with Gasteiger partial charge in [0.1, 0.15) is 13.2 Å². The third kappa shape index (κ3) is 71.8. The van der Waals surface area contributed by atoms with Gasteiger partial charge in [-0.15, -0.1) is 0 Å². The molecule has 0 saturated heterocycles. The maximum atomic E-state index is 12.9. The number of carbonyl (C=O) groups excluding carboxylic acids is 2. The highest BCUT2D eigenvalue weighted by Gasteiger charge is 2.25. The molecule has 0 radical (unpaired) electrons. The monoisotopic (exact) mass is 1250 g/mol. The van der Waals surface area contributed by atoms with E-state index in [1.165, 1.54) is 231 Å². The van der Waals surface area contributed by atoms with Crippen molar-refractivity contribution in [1.29, 1.82) is 0 Å². The van der Waals surface area contributed by atoms with Gasteiger partial charge < -0.3 is 28.5 Å². The second kappa shape index (κ2) is 70.3. The Kier molecular flexibility index (Phi) is 67.6. The van der Waals surface area contributed by atoms with E-state index in [0.717, 1.165) is 83.5 Å². The average Bonchev–Trinajstić information content (AvgIpc) is 3.64. The zero-order chi connectivity index (χ0) is 64.7. The van der Waals surface area contributed by atoms with Crippen molar-refractivity contribution in [2.75, 3.05) is 47.5 Å². The van der Waals surface area contributed by atoms with Crippen LogP contribution < -0.4 is 0 Å². The molecule has 0 aliphatic rings. The molecule has 9 heteroatoms. The van der Waals surface area contributed by atoms with Gasteiger partial charge >= 0.3 is 17.9 Å². The number of hydrogen-bond donors (Lipinski definition) is 1. The molecule has 0 spiro atoms. The minimum absolute atomic E-state index is 0.183. The second-order valence-electron chi connectivity index (χ2n) is 26.6. The summed E-state index contributed by atoms with van der Waals surface area (Å²) in [6.45, 7) is 4.79. The number of esters is 2. The molecule has 0 saturated carbocycles. The predicted molar refractivity (Wildman–Crippen MR) is 382 cm³/mol. The third-order valence-electron chi connectivity index (χ3n) is 16.6. The van der Waals surface area contributed by atoms with Crippen molar-refractivity contribution >= 4 is 17.9 Å². The molecule has 0 aromatic carbocycles. The van der Waals surface area contributed by atoms with Crippen molar-refractivity contribution in [2.45, 2.75) is 360 Å². The Labute approximate surface area is 550 Å². The van der Waals surface area contributed by atoms with Gasteiger partial charge in [0.25, 0.3) is 6.29 Å². The van der Waals surface area contributed by atoms with Gasteiger partial charge in [-0.2, -0.15) is 0 Å². The highest BCUT2D eigenvalue weighted by molar-refractivity contribution is 5.71. The molecule has 0 aromatic heterocycles. The van der Waals surface area contributed by atoms with Crippen LogP contribution in [0.25, 0.3) is 0 Å². The number of allylic oxidation sites excluding steroid dienone is 14. The van der Waals surface area contributed by atoms with Crippen LogP contribution in [0.3, 0.4) is 0 Å². The van der Waals surface area contributed by atoms with E-state index in [0.29, 0.717) is 23.9 Å². The van der Waals surface area contributed by atoms with Crippen molar-refractivity contribution < 1.29 is 42.9 Å². The molecule has 2 unspecified atom stereocenters. The Morgan fingerprint density at radius 3 is 0.955 bits per heavy atom. The van der Waals surface area contributed by atoms with Gasteiger partial charge in [-0.3, -0.25) is 9.59 Å². The van der Waals surface area contributed by atoms with Crippen LogP contribution in [0.2, 0.25) is 0 Å². The van der Waals surface area contributed by atoms with Gasteiger partial charge in [-0.05, 0) is 89.9 Å². The average molecular weight is 1250 g/mol. The highest BCUT2D eigenvalue weighted by Crippen LogP contribution is 2.19. The van der Waals surface area contributed by atoms with E-state index < -0.39 is 24.3 Å². The molecular weight excluding hydrogens is 1100 g/mol. The van der Waals surface area contributed by atoms with Gasteiger partial charge in [0.05, 0.1) is 34.4 Å². The Morgan fingerprint density at radius 2 is 0.640 bits per heavy atom. The maximum absolute atomic E-state index is 12.9. The van der Waals surface area contributed by atoms with Gasteiger partial charge in [-0.1, -0.05) is 330 Å². The molecule has 2 atom stereocenters. The Balaban J connectivity index is 3.96. The lowest BCUT2D eigenvalue weighted by molar-refractivity contribution is -0.870. The van der Waals surface area contributed by atoms with Gasteiger partial charge in [0, 0.05) is 12.8 Å². The van der Waals surface area contributed by atoms with Crippen molar-refractivity contribution in [2.24, 2.45) is 0 Å². The number of aliphatic carboxylic acids is 1. The Bertz CT molecular complexity index is 1740. The topological polar surface area (TPSA) is 108 Å². The Morgan fingerprint density at radius 1 is 0.348 bits per heavy atom. The number of carbonyl (C=O) groups is 3.